The van der Waals surface area contributed by atoms with Gasteiger partial charge in [0.2, 0.25) is 0 Å². The van der Waals surface area contributed by atoms with Gasteiger partial charge >= 0.3 is 0 Å². The number of nitrogens with zero attached hydrogens (tertiary/aromatic N) is 1. The van der Waals surface area contributed by atoms with Gasteiger partial charge < -0.3 is 10.4 Å². The molecule has 3 rings (SSSR count). The number of rotatable bonds is 6. The van der Waals surface area contributed by atoms with Crippen LogP contribution in [-0.4, -0.2) is 29.1 Å². The van der Waals surface area contributed by atoms with Gasteiger partial charge in [0.15, 0.2) is 0 Å². The summed E-state index contributed by atoms with van der Waals surface area (Å²) in [5.74, 6) is -0.0312. The zero-order valence-electron chi connectivity index (χ0n) is 15.2. The zero-order chi connectivity index (χ0) is 18.5. The molecule has 0 aliphatic rings. The molecule has 1 atom stereocenters. The number of nitrogens with one attached hydrogen (secondary N) is 1. The molecule has 0 bridgehead atoms. The van der Waals surface area contributed by atoms with Crippen molar-refractivity contribution in [1.29, 1.82) is 0 Å². The van der Waals surface area contributed by atoms with Crippen LogP contribution in [0.15, 0.2) is 54.6 Å². The van der Waals surface area contributed by atoms with Crippen molar-refractivity contribution in [2.75, 3.05) is 13.2 Å². The summed E-state index contributed by atoms with van der Waals surface area (Å²) in [6.07, 6.45) is 0.609. The van der Waals surface area contributed by atoms with E-state index in [1.807, 2.05) is 68.4 Å². The molecule has 134 valence electrons. The van der Waals surface area contributed by atoms with E-state index in [1.54, 1.807) is 0 Å². The second kappa shape index (κ2) is 8.11. The molecule has 1 aromatic heterocycles. The van der Waals surface area contributed by atoms with Gasteiger partial charge in [-0.2, -0.15) is 0 Å². The van der Waals surface area contributed by atoms with Crippen molar-refractivity contribution in [2.24, 2.45) is 0 Å². The number of benzene rings is 2. The van der Waals surface area contributed by atoms with E-state index in [4.69, 9.17) is 0 Å². The van der Waals surface area contributed by atoms with Crippen LogP contribution in [0.3, 0.4) is 0 Å². The minimum absolute atomic E-state index is 0.0826. The van der Waals surface area contributed by atoms with E-state index in [9.17, 15) is 9.90 Å². The third-order valence-electron chi connectivity index (χ3n) is 4.82. The summed E-state index contributed by atoms with van der Waals surface area (Å²) in [6.45, 7) is 4.41. The Morgan fingerprint density at radius 1 is 1.08 bits per heavy atom. The highest BCUT2D eigenvalue weighted by molar-refractivity contribution is 6.01. The number of para-hydroxylation sites is 1. The molecular weight excluding hydrogens is 324 g/mol. The van der Waals surface area contributed by atoms with Gasteiger partial charge in [-0.1, -0.05) is 48.5 Å². The molecule has 4 heteroatoms. The number of fused-ring (bicyclic) bond motifs is 1. The van der Waals surface area contributed by atoms with Crippen molar-refractivity contribution >= 4 is 16.8 Å². The molecule has 0 aliphatic carbocycles. The van der Waals surface area contributed by atoms with Gasteiger partial charge in [0.1, 0.15) is 0 Å². The Labute approximate surface area is 153 Å². The summed E-state index contributed by atoms with van der Waals surface area (Å²) in [5, 5.41) is 13.4. The first-order chi connectivity index (χ1) is 12.6. The maximum atomic E-state index is 12.9. The fourth-order valence-corrected chi connectivity index (χ4v) is 3.44. The lowest BCUT2D eigenvalue weighted by Crippen LogP contribution is -2.30. The lowest BCUT2D eigenvalue weighted by molar-refractivity contribution is 0.0948. The Bertz CT molecular complexity index is 907. The average Bonchev–Trinajstić information content (AvgIpc) is 2.66. The number of pyridine rings is 1. The Balaban J connectivity index is 1.82. The van der Waals surface area contributed by atoms with Crippen molar-refractivity contribution in [1.82, 2.24) is 10.3 Å². The van der Waals surface area contributed by atoms with E-state index >= 15 is 0 Å². The summed E-state index contributed by atoms with van der Waals surface area (Å²) < 4.78 is 0. The van der Waals surface area contributed by atoms with E-state index in [0.29, 0.717) is 18.5 Å². The molecule has 2 N–H and O–H groups in total. The van der Waals surface area contributed by atoms with Crippen LogP contribution in [0.1, 0.15) is 39.5 Å². The predicted octanol–water partition coefficient (Wildman–Crippen LogP) is 3.75. The molecule has 0 saturated carbocycles. The molecule has 0 aliphatic heterocycles. The van der Waals surface area contributed by atoms with E-state index < -0.39 is 0 Å². The molecule has 0 saturated heterocycles. The van der Waals surface area contributed by atoms with Crippen LogP contribution >= 0.6 is 0 Å². The van der Waals surface area contributed by atoms with Crippen LogP contribution in [-0.2, 0) is 0 Å². The number of aliphatic hydroxyl groups is 1. The highest BCUT2D eigenvalue weighted by Gasteiger charge is 2.18. The number of carbonyl (C=O) groups is 1. The summed E-state index contributed by atoms with van der Waals surface area (Å²) >= 11 is 0. The lowest BCUT2D eigenvalue weighted by atomic mass is 9.95. The van der Waals surface area contributed by atoms with Crippen LogP contribution in [0, 0.1) is 13.8 Å². The normalized spacial score (nSPS) is 12.1. The van der Waals surface area contributed by atoms with Gasteiger partial charge in [0.25, 0.3) is 5.91 Å². The minimum atomic E-state index is -0.114. The SMILES string of the molecule is Cc1nc2ccccc2c(C)c1C(=O)NCC(CCO)c1ccccc1. The summed E-state index contributed by atoms with van der Waals surface area (Å²) in [6, 6.07) is 17.8. The monoisotopic (exact) mass is 348 g/mol. The van der Waals surface area contributed by atoms with E-state index in [2.05, 4.69) is 10.3 Å². The number of aromatic nitrogens is 1. The topological polar surface area (TPSA) is 62.2 Å². The fourth-order valence-electron chi connectivity index (χ4n) is 3.44. The molecule has 0 radical (unpaired) electrons. The highest BCUT2D eigenvalue weighted by atomic mass is 16.3. The van der Waals surface area contributed by atoms with Crippen molar-refractivity contribution in [3.05, 3.63) is 77.0 Å². The predicted molar refractivity (Wildman–Crippen MR) is 104 cm³/mol. The average molecular weight is 348 g/mol. The first kappa shape index (κ1) is 18.1. The van der Waals surface area contributed by atoms with Crippen LogP contribution in [0.2, 0.25) is 0 Å². The fraction of sp³-hybridized carbons (Fsp3) is 0.273. The second-order valence-electron chi connectivity index (χ2n) is 6.54. The molecule has 2 aromatic carbocycles. The molecule has 4 nitrogen and oxygen atoms in total. The smallest absolute Gasteiger partial charge is 0.253 e. The number of carbonyl (C=O) groups excluding carboxylic acids is 1. The van der Waals surface area contributed by atoms with Gasteiger partial charge in [0, 0.05) is 24.5 Å². The lowest BCUT2D eigenvalue weighted by Gasteiger charge is -2.18. The molecular formula is C22H24N2O2. The Hall–Kier alpha value is -2.72. The van der Waals surface area contributed by atoms with Crippen molar-refractivity contribution in [2.45, 2.75) is 26.2 Å². The van der Waals surface area contributed by atoms with Crippen molar-refractivity contribution < 1.29 is 9.90 Å². The largest absolute Gasteiger partial charge is 0.396 e. The maximum absolute atomic E-state index is 12.9. The number of hydrogen-bond donors (Lipinski definition) is 2. The summed E-state index contributed by atoms with van der Waals surface area (Å²) in [7, 11) is 0. The summed E-state index contributed by atoms with van der Waals surface area (Å²) in [5.41, 5.74) is 4.34. The highest BCUT2D eigenvalue weighted by Crippen LogP contribution is 2.23. The standard InChI is InChI=1S/C22H24N2O2/c1-15-19-10-6-7-11-20(19)24-16(2)21(15)22(26)23-14-18(12-13-25)17-8-4-3-5-9-17/h3-11,18,25H,12-14H2,1-2H3,(H,23,26). The van der Waals surface area contributed by atoms with Gasteiger partial charge in [0.05, 0.1) is 16.8 Å². The molecule has 0 fully saturated rings. The molecule has 1 amide bonds. The van der Waals surface area contributed by atoms with Crippen molar-refractivity contribution in [3.8, 4) is 0 Å². The third-order valence-corrected chi connectivity index (χ3v) is 4.82. The Kier molecular flexibility index (Phi) is 5.64. The van der Waals surface area contributed by atoms with E-state index in [1.165, 1.54) is 0 Å². The van der Waals surface area contributed by atoms with Gasteiger partial charge in [-0.15, -0.1) is 0 Å². The third kappa shape index (κ3) is 3.75. The maximum Gasteiger partial charge on any atom is 0.253 e. The zero-order valence-corrected chi connectivity index (χ0v) is 15.2. The van der Waals surface area contributed by atoms with Gasteiger partial charge in [-0.3, -0.25) is 9.78 Å². The van der Waals surface area contributed by atoms with E-state index in [0.717, 1.165) is 27.7 Å². The summed E-state index contributed by atoms with van der Waals surface area (Å²) in [4.78, 5) is 17.4. The van der Waals surface area contributed by atoms with Crippen molar-refractivity contribution in [3.63, 3.8) is 0 Å². The van der Waals surface area contributed by atoms with Gasteiger partial charge in [-0.05, 0) is 37.5 Å². The number of aryl methyl sites for hydroxylation is 2. The molecule has 26 heavy (non-hydrogen) atoms. The molecule has 1 heterocycles. The quantitative estimate of drug-likeness (QED) is 0.713. The molecule has 1 unspecified atom stereocenters. The number of amides is 1. The van der Waals surface area contributed by atoms with Crippen LogP contribution < -0.4 is 5.32 Å². The first-order valence-corrected chi connectivity index (χ1v) is 8.91. The Morgan fingerprint density at radius 2 is 1.77 bits per heavy atom. The number of hydrogen-bond acceptors (Lipinski definition) is 3. The first-order valence-electron chi connectivity index (χ1n) is 8.91. The van der Waals surface area contributed by atoms with Crippen LogP contribution in [0.5, 0.6) is 0 Å². The van der Waals surface area contributed by atoms with E-state index in [-0.39, 0.29) is 18.4 Å². The number of aliphatic hydroxyl groups excluding tert-OH is 1. The van der Waals surface area contributed by atoms with Crippen LogP contribution in [0.25, 0.3) is 10.9 Å². The van der Waals surface area contributed by atoms with Crippen LogP contribution in [0.4, 0.5) is 0 Å². The second-order valence-corrected chi connectivity index (χ2v) is 6.54. The minimum Gasteiger partial charge on any atom is -0.396 e. The molecule has 3 aromatic rings. The van der Waals surface area contributed by atoms with Gasteiger partial charge in [-0.25, -0.2) is 0 Å². The molecule has 0 spiro atoms. The Morgan fingerprint density at radius 3 is 2.50 bits per heavy atom.